The normalized spacial score (nSPS) is 62.2. The third kappa shape index (κ3) is 0.804. The van der Waals surface area contributed by atoms with Crippen molar-refractivity contribution in [3.63, 3.8) is 0 Å². The molecule has 11 heavy (non-hydrogen) atoms. The fourth-order valence-corrected chi connectivity index (χ4v) is 4.01. The zero-order valence-corrected chi connectivity index (χ0v) is 9.26. The van der Waals surface area contributed by atoms with Crippen molar-refractivity contribution in [2.24, 2.45) is 11.3 Å². The highest BCUT2D eigenvalue weighted by Gasteiger charge is 2.62. The molecule has 2 saturated carbocycles. The van der Waals surface area contributed by atoms with Crippen LogP contribution in [0.1, 0.15) is 33.1 Å². The number of aliphatic hydroxyl groups is 1. The molecule has 0 aliphatic heterocycles. The van der Waals surface area contributed by atoms with Gasteiger partial charge in [-0.1, -0.05) is 29.5 Å². The fraction of sp³-hybridized carbons (Fsp3) is 1.00. The lowest BCUT2D eigenvalue weighted by Gasteiger charge is -2.35. The van der Waals surface area contributed by atoms with E-state index in [9.17, 15) is 5.11 Å². The van der Waals surface area contributed by atoms with Crippen LogP contribution in [0.25, 0.3) is 0 Å². The molecule has 0 saturated heterocycles. The van der Waals surface area contributed by atoms with Gasteiger partial charge in [-0.25, -0.2) is 0 Å². The third-order valence-corrected chi connectivity index (χ3v) is 6.25. The van der Waals surface area contributed by atoms with Gasteiger partial charge in [0.05, 0.1) is 6.10 Å². The average Bonchev–Trinajstić information content (AvgIpc) is 2.20. The van der Waals surface area contributed by atoms with Crippen LogP contribution >= 0.6 is 22.6 Å². The highest BCUT2D eigenvalue weighted by Crippen LogP contribution is 2.64. The van der Waals surface area contributed by atoms with Gasteiger partial charge in [-0.2, -0.15) is 0 Å². The zero-order chi connectivity index (χ0) is 8.28. The maximum absolute atomic E-state index is 9.81. The third-order valence-electron chi connectivity index (χ3n) is 4.14. The van der Waals surface area contributed by atoms with Crippen molar-refractivity contribution in [1.82, 2.24) is 0 Å². The number of hydrogen-bond donors (Lipinski definition) is 1. The lowest BCUT2D eigenvalue weighted by atomic mass is 9.80. The van der Waals surface area contributed by atoms with Gasteiger partial charge in [-0.15, -0.1) is 0 Å². The minimum Gasteiger partial charge on any atom is -0.392 e. The van der Waals surface area contributed by atoms with Gasteiger partial charge in [0.25, 0.3) is 0 Å². The molecule has 1 nitrogen and oxygen atoms in total. The van der Waals surface area contributed by atoms with Gasteiger partial charge in [0, 0.05) is 8.84 Å². The molecule has 2 rings (SSSR count). The molecule has 2 fully saturated rings. The standard InChI is InChI=1S/C9H15IO/c1-8-4-3-6(5-7(8)11)9(8,2)10/h6-7,11H,3-5H2,1-2H3. The molecule has 0 spiro atoms. The van der Waals surface area contributed by atoms with Crippen LogP contribution in [0.3, 0.4) is 0 Å². The summed E-state index contributed by atoms with van der Waals surface area (Å²) in [6.07, 6.45) is 3.55. The molecule has 2 bridgehead atoms. The number of hydrogen-bond acceptors (Lipinski definition) is 1. The van der Waals surface area contributed by atoms with Crippen molar-refractivity contribution in [3.05, 3.63) is 0 Å². The van der Waals surface area contributed by atoms with Crippen LogP contribution < -0.4 is 0 Å². The summed E-state index contributed by atoms with van der Waals surface area (Å²) in [5.41, 5.74) is 0.207. The van der Waals surface area contributed by atoms with Crippen LogP contribution in [0, 0.1) is 11.3 Å². The second-order valence-corrected chi connectivity index (χ2v) is 6.72. The Morgan fingerprint density at radius 1 is 1.45 bits per heavy atom. The van der Waals surface area contributed by atoms with Crippen molar-refractivity contribution in [3.8, 4) is 0 Å². The SMILES string of the molecule is CC1(I)C2CCC1(C)C(O)C2. The Labute approximate surface area is 81.7 Å². The van der Waals surface area contributed by atoms with E-state index in [1.54, 1.807) is 0 Å². The molecule has 0 heterocycles. The lowest BCUT2D eigenvalue weighted by Crippen LogP contribution is -2.37. The van der Waals surface area contributed by atoms with E-state index in [2.05, 4.69) is 36.4 Å². The zero-order valence-electron chi connectivity index (χ0n) is 7.10. The maximum Gasteiger partial charge on any atom is 0.0609 e. The summed E-state index contributed by atoms with van der Waals surface area (Å²) in [5.74, 6) is 0.767. The van der Waals surface area contributed by atoms with Gasteiger partial charge in [0.1, 0.15) is 0 Å². The molecule has 4 unspecified atom stereocenters. The molecular weight excluding hydrogens is 251 g/mol. The minimum absolute atomic E-state index is 0.0388. The van der Waals surface area contributed by atoms with Crippen LogP contribution in [0.4, 0.5) is 0 Å². The van der Waals surface area contributed by atoms with E-state index in [0.717, 1.165) is 12.3 Å². The number of rotatable bonds is 0. The van der Waals surface area contributed by atoms with Crippen molar-refractivity contribution in [2.75, 3.05) is 0 Å². The highest BCUT2D eigenvalue weighted by molar-refractivity contribution is 14.1. The van der Waals surface area contributed by atoms with E-state index >= 15 is 0 Å². The Bertz CT molecular complexity index is 190. The van der Waals surface area contributed by atoms with Crippen molar-refractivity contribution in [2.45, 2.75) is 42.6 Å². The van der Waals surface area contributed by atoms with Gasteiger partial charge in [0.15, 0.2) is 0 Å². The van der Waals surface area contributed by atoms with Gasteiger partial charge < -0.3 is 5.11 Å². The van der Waals surface area contributed by atoms with Crippen LogP contribution in [-0.4, -0.2) is 14.6 Å². The molecule has 0 aromatic carbocycles. The van der Waals surface area contributed by atoms with Crippen LogP contribution in [0.5, 0.6) is 0 Å². The molecular formula is C9H15IO. The Morgan fingerprint density at radius 2 is 2.09 bits per heavy atom. The number of aliphatic hydroxyl groups excluding tert-OH is 1. The molecule has 2 aliphatic carbocycles. The van der Waals surface area contributed by atoms with Gasteiger partial charge in [-0.3, -0.25) is 0 Å². The summed E-state index contributed by atoms with van der Waals surface area (Å²) >= 11 is 2.55. The minimum atomic E-state index is -0.0388. The number of halogens is 1. The molecule has 0 radical (unpaired) electrons. The quantitative estimate of drug-likeness (QED) is 0.527. The molecule has 0 aromatic heterocycles. The molecule has 64 valence electrons. The molecule has 2 heteroatoms. The van der Waals surface area contributed by atoms with Gasteiger partial charge in [0.2, 0.25) is 0 Å². The number of fused-ring (bicyclic) bond motifs is 2. The molecule has 4 atom stereocenters. The summed E-state index contributed by atoms with van der Waals surface area (Å²) in [4.78, 5) is 0. The predicted molar refractivity (Wildman–Crippen MR) is 53.9 cm³/mol. The van der Waals surface area contributed by atoms with Crippen molar-refractivity contribution < 1.29 is 5.11 Å². The molecule has 0 amide bonds. The molecule has 0 aromatic rings. The average molecular weight is 266 g/mol. The number of alkyl halides is 1. The Kier molecular flexibility index (Phi) is 1.61. The largest absolute Gasteiger partial charge is 0.392 e. The highest BCUT2D eigenvalue weighted by atomic mass is 127. The first kappa shape index (κ1) is 8.30. The second-order valence-electron chi connectivity index (χ2n) is 4.48. The van der Waals surface area contributed by atoms with E-state index < -0.39 is 0 Å². The fourth-order valence-electron chi connectivity index (χ4n) is 2.82. The Balaban J connectivity index is 2.40. The van der Waals surface area contributed by atoms with E-state index in [1.807, 2.05) is 0 Å². The summed E-state index contributed by atoms with van der Waals surface area (Å²) in [6, 6.07) is 0. The first-order valence-electron chi connectivity index (χ1n) is 4.35. The lowest BCUT2D eigenvalue weighted by molar-refractivity contribution is 0.0477. The van der Waals surface area contributed by atoms with Crippen LogP contribution in [-0.2, 0) is 0 Å². The van der Waals surface area contributed by atoms with E-state index in [4.69, 9.17) is 0 Å². The predicted octanol–water partition coefficient (Wildman–Crippen LogP) is 2.36. The first-order valence-corrected chi connectivity index (χ1v) is 5.43. The van der Waals surface area contributed by atoms with Crippen molar-refractivity contribution in [1.29, 1.82) is 0 Å². The van der Waals surface area contributed by atoms with Gasteiger partial charge in [-0.05, 0) is 32.1 Å². The smallest absolute Gasteiger partial charge is 0.0609 e. The first-order chi connectivity index (χ1) is 4.98. The Hall–Kier alpha value is 0.690. The summed E-state index contributed by atoms with van der Waals surface area (Å²) in [5, 5.41) is 9.81. The van der Waals surface area contributed by atoms with Crippen LogP contribution in [0.15, 0.2) is 0 Å². The summed E-state index contributed by atoms with van der Waals surface area (Å²) in [6.45, 7) is 4.55. The van der Waals surface area contributed by atoms with E-state index in [-0.39, 0.29) is 11.5 Å². The topological polar surface area (TPSA) is 20.2 Å². The van der Waals surface area contributed by atoms with E-state index in [0.29, 0.717) is 3.42 Å². The monoisotopic (exact) mass is 266 g/mol. The van der Waals surface area contributed by atoms with Crippen molar-refractivity contribution >= 4 is 22.6 Å². The molecule has 1 N–H and O–H groups in total. The second kappa shape index (κ2) is 2.13. The van der Waals surface area contributed by atoms with E-state index in [1.165, 1.54) is 12.8 Å². The molecule has 2 aliphatic rings. The maximum atomic E-state index is 9.81. The van der Waals surface area contributed by atoms with Crippen LogP contribution in [0.2, 0.25) is 0 Å². The summed E-state index contributed by atoms with van der Waals surface area (Å²) in [7, 11) is 0. The van der Waals surface area contributed by atoms with Gasteiger partial charge >= 0.3 is 0 Å². The Morgan fingerprint density at radius 3 is 2.27 bits per heavy atom. The summed E-state index contributed by atoms with van der Waals surface area (Å²) < 4.78 is 0.351.